The van der Waals surface area contributed by atoms with Crippen LogP contribution in [0.3, 0.4) is 0 Å². The Morgan fingerprint density at radius 3 is 1.64 bits per heavy atom. The molecule has 0 aromatic rings. The summed E-state index contributed by atoms with van der Waals surface area (Å²) in [5.74, 6) is -0.132. The van der Waals surface area contributed by atoms with Crippen LogP contribution in [-0.2, 0) is 10.1 Å². The minimum absolute atomic E-state index is 0.132. The predicted molar refractivity (Wildman–Crippen MR) is 42.2 cm³/mol. The summed E-state index contributed by atoms with van der Waals surface area (Å²) < 4.78 is 27.6. The molecule has 11 heavy (non-hydrogen) atoms. The Morgan fingerprint density at radius 2 is 1.64 bits per heavy atom. The van der Waals surface area contributed by atoms with Gasteiger partial charge < -0.3 is 5.21 Å². The third kappa shape index (κ3) is 41.1. The van der Waals surface area contributed by atoms with Crippen LogP contribution in [0.2, 0.25) is 0 Å². The molecular formula is C5H15NO4S. The molecule has 0 saturated carbocycles. The van der Waals surface area contributed by atoms with Gasteiger partial charge in [0.05, 0.1) is 5.75 Å². The van der Waals surface area contributed by atoms with Crippen molar-refractivity contribution in [2.24, 2.45) is 0 Å². The van der Waals surface area contributed by atoms with E-state index in [4.69, 9.17) is 9.76 Å². The van der Waals surface area contributed by atoms with Gasteiger partial charge >= 0.3 is 0 Å². The van der Waals surface area contributed by atoms with Gasteiger partial charge in [-0.25, -0.2) is 0 Å². The third-order valence-electron chi connectivity index (χ3n) is 0.462. The van der Waals surface area contributed by atoms with Crippen LogP contribution in [0.1, 0.15) is 13.3 Å². The molecule has 0 aliphatic heterocycles. The van der Waals surface area contributed by atoms with E-state index in [-0.39, 0.29) is 5.75 Å². The van der Waals surface area contributed by atoms with Crippen LogP contribution in [0.4, 0.5) is 0 Å². The summed E-state index contributed by atoms with van der Waals surface area (Å²) in [5.41, 5.74) is 0. The van der Waals surface area contributed by atoms with Gasteiger partial charge in [0.1, 0.15) is 0 Å². The molecule has 5 nitrogen and oxygen atoms in total. The molecule has 0 spiro atoms. The van der Waals surface area contributed by atoms with E-state index in [9.17, 15) is 8.42 Å². The highest BCUT2D eigenvalue weighted by Crippen LogP contribution is 1.83. The minimum atomic E-state index is -3.67. The van der Waals surface area contributed by atoms with E-state index in [1.54, 1.807) is 21.0 Å². The van der Waals surface area contributed by atoms with Crippen molar-refractivity contribution in [1.82, 2.24) is 5.06 Å². The second-order valence-electron chi connectivity index (χ2n) is 2.13. The zero-order chi connectivity index (χ0) is 9.49. The van der Waals surface area contributed by atoms with Gasteiger partial charge in [-0.1, -0.05) is 6.92 Å². The maximum absolute atomic E-state index is 9.79. The Bertz CT molecular complexity index is 161. The zero-order valence-corrected chi connectivity index (χ0v) is 7.80. The van der Waals surface area contributed by atoms with E-state index < -0.39 is 10.1 Å². The molecule has 0 aliphatic rings. The topological polar surface area (TPSA) is 77.8 Å². The molecule has 0 saturated heterocycles. The van der Waals surface area contributed by atoms with Crippen molar-refractivity contribution >= 4 is 10.1 Å². The SMILES string of the molecule is CCCS(=O)(=O)O.CN(C)O. The highest BCUT2D eigenvalue weighted by molar-refractivity contribution is 7.85. The largest absolute Gasteiger partial charge is 0.315 e. The molecule has 0 rings (SSSR count). The molecule has 0 fully saturated rings. The maximum Gasteiger partial charge on any atom is 0.264 e. The lowest BCUT2D eigenvalue weighted by molar-refractivity contribution is -0.0372. The Labute approximate surface area is 67.3 Å². The molecule has 2 N–H and O–H groups in total. The van der Waals surface area contributed by atoms with E-state index >= 15 is 0 Å². The summed E-state index contributed by atoms with van der Waals surface area (Å²) in [6, 6.07) is 0. The lowest BCUT2D eigenvalue weighted by atomic mass is 10.6. The van der Waals surface area contributed by atoms with Gasteiger partial charge in [0.15, 0.2) is 0 Å². The van der Waals surface area contributed by atoms with Crippen LogP contribution in [0.15, 0.2) is 0 Å². The lowest BCUT2D eigenvalue weighted by Crippen LogP contribution is -2.01. The fraction of sp³-hybridized carbons (Fsp3) is 1.00. The molecule has 70 valence electrons. The van der Waals surface area contributed by atoms with Crippen LogP contribution in [0, 0.1) is 0 Å². The lowest BCUT2D eigenvalue weighted by Gasteiger charge is -1.89. The van der Waals surface area contributed by atoms with Gasteiger partial charge in [-0.05, 0) is 6.42 Å². The first-order valence-corrected chi connectivity index (χ1v) is 4.72. The molecule has 0 radical (unpaired) electrons. The molecule has 0 atom stereocenters. The first-order chi connectivity index (χ1) is 4.79. The summed E-state index contributed by atoms with van der Waals surface area (Å²) in [7, 11) is -0.563. The van der Waals surface area contributed by atoms with Gasteiger partial charge in [-0.3, -0.25) is 4.55 Å². The average Bonchev–Trinajstić information content (AvgIpc) is 1.58. The van der Waals surface area contributed by atoms with Crippen molar-refractivity contribution < 1.29 is 18.2 Å². The Morgan fingerprint density at radius 1 is 1.36 bits per heavy atom. The third-order valence-corrected chi connectivity index (χ3v) is 1.39. The highest BCUT2D eigenvalue weighted by Gasteiger charge is 1.98. The van der Waals surface area contributed by atoms with Crippen LogP contribution >= 0.6 is 0 Å². The Balaban J connectivity index is 0. The van der Waals surface area contributed by atoms with Gasteiger partial charge in [-0.15, -0.1) is 0 Å². The van der Waals surface area contributed by atoms with Gasteiger partial charge in [0.25, 0.3) is 10.1 Å². The number of hydroxylamine groups is 2. The molecule has 0 heterocycles. The number of rotatable bonds is 2. The van der Waals surface area contributed by atoms with Crippen LogP contribution in [-0.4, -0.2) is 43.1 Å². The fourth-order valence-corrected chi connectivity index (χ4v) is 0.774. The zero-order valence-electron chi connectivity index (χ0n) is 6.98. The first kappa shape index (κ1) is 13.4. The summed E-state index contributed by atoms with van der Waals surface area (Å²) >= 11 is 0. The molecular weight excluding hydrogens is 170 g/mol. The van der Waals surface area contributed by atoms with Crippen molar-refractivity contribution in [2.75, 3.05) is 19.8 Å². The highest BCUT2D eigenvalue weighted by atomic mass is 32.2. The van der Waals surface area contributed by atoms with Crippen molar-refractivity contribution in [3.8, 4) is 0 Å². The van der Waals surface area contributed by atoms with E-state index in [1.165, 1.54) is 0 Å². The maximum atomic E-state index is 9.79. The number of nitrogens with zero attached hydrogens (tertiary/aromatic N) is 1. The Kier molecular flexibility index (Phi) is 7.97. The van der Waals surface area contributed by atoms with E-state index in [0.29, 0.717) is 6.42 Å². The molecule has 0 aliphatic carbocycles. The smallest absolute Gasteiger partial charge is 0.264 e. The molecule has 0 aromatic heterocycles. The van der Waals surface area contributed by atoms with E-state index in [0.717, 1.165) is 5.06 Å². The van der Waals surface area contributed by atoms with Crippen molar-refractivity contribution in [3.05, 3.63) is 0 Å². The molecule has 0 aromatic carbocycles. The number of hydrogen-bond donors (Lipinski definition) is 2. The second kappa shape index (κ2) is 6.53. The monoisotopic (exact) mass is 185 g/mol. The molecule has 6 heteroatoms. The van der Waals surface area contributed by atoms with Gasteiger partial charge in [0.2, 0.25) is 0 Å². The van der Waals surface area contributed by atoms with Crippen molar-refractivity contribution in [2.45, 2.75) is 13.3 Å². The Hall–Kier alpha value is -0.170. The molecule has 0 unspecified atom stereocenters. The summed E-state index contributed by atoms with van der Waals surface area (Å²) in [6.45, 7) is 1.69. The average molecular weight is 185 g/mol. The minimum Gasteiger partial charge on any atom is -0.315 e. The van der Waals surface area contributed by atoms with Crippen molar-refractivity contribution in [1.29, 1.82) is 0 Å². The standard InChI is InChI=1S/C3H8O3S.C2H7NO/c1-2-3-7(4,5)6;1-3(2)4/h2-3H2,1H3,(H,4,5,6);4H,1-2H3. The first-order valence-electron chi connectivity index (χ1n) is 3.11. The predicted octanol–water partition coefficient (Wildman–Crippen LogP) is 0.221. The summed E-state index contributed by atoms with van der Waals surface area (Å²) in [6.07, 6.45) is 0.471. The molecule has 0 bridgehead atoms. The number of hydrogen-bond acceptors (Lipinski definition) is 4. The van der Waals surface area contributed by atoms with Gasteiger partial charge in [-0.2, -0.15) is 13.5 Å². The fourth-order valence-electron chi connectivity index (χ4n) is 0.258. The quantitative estimate of drug-likeness (QED) is 0.475. The summed E-state index contributed by atoms with van der Waals surface area (Å²) in [4.78, 5) is 0. The van der Waals surface area contributed by atoms with Crippen LogP contribution in [0.25, 0.3) is 0 Å². The van der Waals surface area contributed by atoms with Gasteiger partial charge in [0, 0.05) is 14.1 Å². The second-order valence-corrected chi connectivity index (χ2v) is 3.71. The summed E-state index contributed by atoms with van der Waals surface area (Å²) in [5, 5.41) is 8.89. The normalized spacial score (nSPS) is 10.7. The van der Waals surface area contributed by atoms with Crippen molar-refractivity contribution in [3.63, 3.8) is 0 Å². The van der Waals surface area contributed by atoms with Crippen LogP contribution < -0.4 is 0 Å². The van der Waals surface area contributed by atoms with Crippen LogP contribution in [0.5, 0.6) is 0 Å². The van der Waals surface area contributed by atoms with E-state index in [2.05, 4.69) is 0 Å². The van der Waals surface area contributed by atoms with E-state index in [1.807, 2.05) is 0 Å². The molecule has 0 amide bonds.